The molecule has 0 saturated carbocycles. The molecule has 2 rings (SSSR count). The molecule has 4 heteroatoms. The van der Waals surface area contributed by atoms with Crippen LogP contribution in [0.2, 0.25) is 0 Å². The van der Waals surface area contributed by atoms with Crippen molar-refractivity contribution in [3.63, 3.8) is 0 Å². The van der Waals surface area contributed by atoms with Gasteiger partial charge < -0.3 is 9.90 Å². The van der Waals surface area contributed by atoms with E-state index >= 15 is 0 Å². The van der Waals surface area contributed by atoms with Crippen molar-refractivity contribution >= 4 is 5.97 Å². The molecule has 1 aromatic heterocycles. The highest BCUT2D eigenvalue weighted by molar-refractivity contribution is 5.93. The van der Waals surface area contributed by atoms with Crippen LogP contribution in [0.5, 0.6) is 0 Å². The molecule has 0 aliphatic heterocycles. The summed E-state index contributed by atoms with van der Waals surface area (Å²) >= 11 is 0. The molecule has 4 nitrogen and oxygen atoms in total. The van der Waals surface area contributed by atoms with E-state index in [1.807, 2.05) is 51.1 Å². The Kier molecular flexibility index (Phi) is 2.95. The first-order valence-corrected chi connectivity index (χ1v) is 5.76. The summed E-state index contributed by atoms with van der Waals surface area (Å²) < 4.78 is 1.72. The van der Waals surface area contributed by atoms with Gasteiger partial charge in [-0.1, -0.05) is 30.3 Å². The number of hydrogen-bond acceptors (Lipinski definition) is 3. The lowest BCUT2D eigenvalue weighted by molar-refractivity contribution is -0.254. The molecule has 1 aromatic carbocycles. The van der Waals surface area contributed by atoms with E-state index in [-0.39, 0.29) is 11.1 Å². The second kappa shape index (κ2) is 4.29. The van der Waals surface area contributed by atoms with E-state index in [1.54, 1.807) is 4.68 Å². The number of aromatic carboxylic acids is 1. The Hall–Kier alpha value is -2.10. The van der Waals surface area contributed by atoms with E-state index in [1.165, 1.54) is 6.20 Å². The van der Waals surface area contributed by atoms with E-state index < -0.39 is 5.97 Å². The van der Waals surface area contributed by atoms with Crippen LogP contribution in [0.15, 0.2) is 36.5 Å². The number of benzene rings is 1. The van der Waals surface area contributed by atoms with E-state index in [9.17, 15) is 9.90 Å². The van der Waals surface area contributed by atoms with Crippen molar-refractivity contribution < 1.29 is 9.90 Å². The van der Waals surface area contributed by atoms with Crippen molar-refractivity contribution in [1.29, 1.82) is 0 Å². The van der Waals surface area contributed by atoms with Gasteiger partial charge in [-0.3, -0.25) is 4.68 Å². The third-order valence-corrected chi connectivity index (χ3v) is 2.67. The van der Waals surface area contributed by atoms with Gasteiger partial charge in [0.05, 0.1) is 23.4 Å². The summed E-state index contributed by atoms with van der Waals surface area (Å²) in [5, 5.41) is 15.4. The van der Waals surface area contributed by atoms with Crippen LogP contribution < -0.4 is 5.11 Å². The van der Waals surface area contributed by atoms with Gasteiger partial charge in [-0.25, -0.2) is 0 Å². The molecule has 0 amide bonds. The summed E-state index contributed by atoms with van der Waals surface area (Å²) in [6.07, 6.45) is 1.35. The Morgan fingerprint density at radius 3 is 2.33 bits per heavy atom. The number of hydrogen-bond donors (Lipinski definition) is 0. The minimum atomic E-state index is -1.20. The first-order chi connectivity index (χ1) is 8.41. The second-order valence-corrected chi connectivity index (χ2v) is 5.14. The van der Waals surface area contributed by atoms with Gasteiger partial charge in [0.1, 0.15) is 0 Å². The Bertz CT molecular complexity index is 565. The van der Waals surface area contributed by atoms with Crippen molar-refractivity contribution in [2.75, 3.05) is 0 Å². The Morgan fingerprint density at radius 2 is 1.83 bits per heavy atom. The Balaban J connectivity index is 2.70. The maximum absolute atomic E-state index is 11.2. The fourth-order valence-corrected chi connectivity index (χ4v) is 1.88. The third-order valence-electron chi connectivity index (χ3n) is 2.67. The third kappa shape index (κ3) is 2.14. The number of carboxylic acid groups (broad SMARTS) is 1. The molecule has 0 fully saturated rings. The molecule has 94 valence electrons. The lowest BCUT2D eigenvalue weighted by atomic mass is 10.0. The fourth-order valence-electron chi connectivity index (χ4n) is 1.88. The molecule has 0 aliphatic carbocycles. The molecule has 0 aliphatic rings. The van der Waals surface area contributed by atoms with Gasteiger partial charge in [-0.2, -0.15) is 5.10 Å². The van der Waals surface area contributed by atoms with Crippen LogP contribution in [0.25, 0.3) is 11.3 Å². The number of aromatic nitrogens is 2. The van der Waals surface area contributed by atoms with E-state index in [4.69, 9.17) is 0 Å². The summed E-state index contributed by atoms with van der Waals surface area (Å²) in [4.78, 5) is 11.2. The van der Waals surface area contributed by atoms with Gasteiger partial charge in [-0.05, 0) is 20.8 Å². The minimum absolute atomic E-state index is 0.121. The number of carbonyl (C=O) groups excluding carboxylic acids is 1. The molecule has 0 N–H and O–H groups in total. The molecular weight excluding hydrogens is 228 g/mol. The highest BCUT2D eigenvalue weighted by atomic mass is 16.4. The van der Waals surface area contributed by atoms with Crippen molar-refractivity contribution in [3.05, 3.63) is 42.1 Å². The number of carbonyl (C=O) groups is 1. The molecule has 1 heterocycles. The van der Waals surface area contributed by atoms with E-state index in [0.717, 1.165) is 5.56 Å². The molecule has 0 saturated heterocycles. The highest BCUT2D eigenvalue weighted by Crippen LogP contribution is 2.28. The fraction of sp³-hybridized carbons (Fsp3) is 0.286. The smallest absolute Gasteiger partial charge is 0.0779 e. The topological polar surface area (TPSA) is 58.0 Å². The van der Waals surface area contributed by atoms with Crippen molar-refractivity contribution in [3.8, 4) is 11.3 Å². The Morgan fingerprint density at radius 1 is 1.22 bits per heavy atom. The molecule has 0 atom stereocenters. The van der Waals surface area contributed by atoms with Crippen LogP contribution in [0.1, 0.15) is 31.1 Å². The molecule has 0 radical (unpaired) electrons. The van der Waals surface area contributed by atoms with Crippen LogP contribution in [-0.2, 0) is 5.54 Å². The lowest BCUT2D eigenvalue weighted by Crippen LogP contribution is -2.26. The standard InChI is InChI=1S/C14H16N2O2/c1-14(2,3)16-12(10-7-5-4-6-8-10)11(9-15-16)13(17)18/h4-9H,1-3H3,(H,17,18)/p-1. The van der Waals surface area contributed by atoms with Crippen molar-refractivity contribution in [2.45, 2.75) is 26.3 Å². The summed E-state index contributed by atoms with van der Waals surface area (Å²) in [5.41, 5.74) is 1.24. The average Bonchev–Trinajstić information content (AvgIpc) is 2.74. The number of nitrogens with zero attached hydrogens (tertiary/aromatic N) is 2. The van der Waals surface area contributed by atoms with Crippen LogP contribution in [0, 0.1) is 0 Å². The molecule has 0 spiro atoms. The summed E-state index contributed by atoms with van der Waals surface area (Å²) in [6.45, 7) is 5.93. The quantitative estimate of drug-likeness (QED) is 0.806. The maximum Gasteiger partial charge on any atom is 0.0779 e. The lowest BCUT2D eigenvalue weighted by Gasteiger charge is -2.23. The predicted molar refractivity (Wildman–Crippen MR) is 67.0 cm³/mol. The summed E-state index contributed by atoms with van der Waals surface area (Å²) in [6, 6.07) is 9.36. The van der Waals surface area contributed by atoms with Crippen LogP contribution >= 0.6 is 0 Å². The highest BCUT2D eigenvalue weighted by Gasteiger charge is 2.22. The van der Waals surface area contributed by atoms with E-state index in [2.05, 4.69) is 5.10 Å². The molecular formula is C14H15N2O2-. The molecule has 0 unspecified atom stereocenters. The predicted octanol–water partition coefficient (Wildman–Crippen LogP) is 1.67. The molecule has 0 bridgehead atoms. The molecule has 18 heavy (non-hydrogen) atoms. The summed E-state index contributed by atoms with van der Waals surface area (Å²) in [5.74, 6) is -1.20. The van der Waals surface area contributed by atoms with Crippen LogP contribution in [-0.4, -0.2) is 15.7 Å². The number of rotatable bonds is 2. The van der Waals surface area contributed by atoms with Crippen molar-refractivity contribution in [1.82, 2.24) is 9.78 Å². The maximum atomic E-state index is 11.2. The van der Waals surface area contributed by atoms with Gasteiger partial charge in [-0.15, -0.1) is 0 Å². The average molecular weight is 243 g/mol. The second-order valence-electron chi connectivity index (χ2n) is 5.14. The minimum Gasteiger partial charge on any atom is -0.545 e. The zero-order valence-electron chi connectivity index (χ0n) is 10.7. The van der Waals surface area contributed by atoms with Gasteiger partial charge in [0.25, 0.3) is 0 Å². The van der Waals surface area contributed by atoms with Gasteiger partial charge in [0, 0.05) is 11.1 Å². The largest absolute Gasteiger partial charge is 0.545 e. The van der Waals surface area contributed by atoms with Crippen LogP contribution in [0.4, 0.5) is 0 Å². The summed E-state index contributed by atoms with van der Waals surface area (Å²) in [7, 11) is 0. The van der Waals surface area contributed by atoms with E-state index in [0.29, 0.717) is 5.69 Å². The first kappa shape index (κ1) is 12.4. The normalized spacial score (nSPS) is 11.5. The van der Waals surface area contributed by atoms with Gasteiger partial charge >= 0.3 is 0 Å². The van der Waals surface area contributed by atoms with Crippen LogP contribution in [0.3, 0.4) is 0 Å². The first-order valence-electron chi connectivity index (χ1n) is 5.76. The monoisotopic (exact) mass is 243 g/mol. The number of carboxylic acids is 1. The van der Waals surface area contributed by atoms with Gasteiger partial charge in [0.15, 0.2) is 0 Å². The van der Waals surface area contributed by atoms with Gasteiger partial charge in [0.2, 0.25) is 0 Å². The van der Waals surface area contributed by atoms with Crippen molar-refractivity contribution in [2.24, 2.45) is 0 Å². The Labute approximate surface area is 106 Å². The SMILES string of the molecule is CC(C)(C)n1ncc(C(=O)[O-])c1-c1ccccc1. The zero-order chi connectivity index (χ0) is 13.3. The molecule has 2 aromatic rings. The zero-order valence-corrected chi connectivity index (χ0v) is 10.7.